The van der Waals surface area contributed by atoms with Crippen LogP contribution in [0.15, 0.2) is 39.7 Å². The first-order valence-electron chi connectivity index (χ1n) is 8.34. The number of pyridine rings is 1. The minimum atomic E-state index is -0.0990. The van der Waals surface area contributed by atoms with Crippen LogP contribution in [0.25, 0.3) is 22.1 Å². The van der Waals surface area contributed by atoms with Gasteiger partial charge in [-0.15, -0.1) is 24.8 Å². The second kappa shape index (κ2) is 10.4. The minimum Gasteiger partial charge on any atom is -0.493 e. The van der Waals surface area contributed by atoms with Gasteiger partial charge in [-0.3, -0.25) is 4.79 Å². The highest BCUT2D eigenvalue weighted by Gasteiger charge is 2.16. The van der Waals surface area contributed by atoms with Crippen molar-refractivity contribution in [1.82, 2.24) is 9.88 Å². The number of methoxy groups -OCH3 is 2. The summed E-state index contributed by atoms with van der Waals surface area (Å²) in [5.41, 5.74) is 7.64. The van der Waals surface area contributed by atoms with Crippen molar-refractivity contribution in [3.05, 3.63) is 46.6 Å². The monoisotopic (exact) mass is 429 g/mol. The van der Waals surface area contributed by atoms with Gasteiger partial charge in [-0.2, -0.15) is 0 Å². The number of halogens is 2. The van der Waals surface area contributed by atoms with Gasteiger partial charge in [-0.25, -0.2) is 0 Å². The van der Waals surface area contributed by atoms with Crippen molar-refractivity contribution in [2.45, 2.75) is 6.54 Å². The zero-order chi connectivity index (χ0) is 18.7. The van der Waals surface area contributed by atoms with Crippen LogP contribution in [0.4, 0.5) is 0 Å². The summed E-state index contributed by atoms with van der Waals surface area (Å²) >= 11 is 0. The molecule has 2 heterocycles. The van der Waals surface area contributed by atoms with Crippen molar-refractivity contribution in [3.8, 4) is 22.6 Å². The molecule has 1 aromatic carbocycles. The fourth-order valence-corrected chi connectivity index (χ4v) is 2.91. The molecule has 154 valence electrons. The van der Waals surface area contributed by atoms with Gasteiger partial charge in [0, 0.05) is 31.9 Å². The molecule has 0 fully saturated rings. The number of furan rings is 1. The van der Waals surface area contributed by atoms with E-state index in [1.54, 1.807) is 38.1 Å². The summed E-state index contributed by atoms with van der Waals surface area (Å²) in [6.07, 6.45) is 1.77. The van der Waals surface area contributed by atoms with Crippen LogP contribution in [-0.4, -0.2) is 31.9 Å². The molecule has 0 saturated heterocycles. The Balaban J connectivity index is 0.00000196. The molecule has 0 aliphatic heterocycles. The van der Waals surface area contributed by atoms with Crippen LogP contribution in [-0.2, 0) is 13.6 Å². The first kappa shape index (κ1) is 23.8. The van der Waals surface area contributed by atoms with Crippen molar-refractivity contribution in [1.29, 1.82) is 0 Å². The van der Waals surface area contributed by atoms with Crippen LogP contribution in [0.3, 0.4) is 0 Å². The Labute approximate surface area is 175 Å². The number of hydrogen-bond donors (Lipinski definition) is 2. The largest absolute Gasteiger partial charge is 0.493 e. The summed E-state index contributed by atoms with van der Waals surface area (Å²) < 4.78 is 18.2. The number of fused-ring (bicyclic) bond motifs is 1. The second-order valence-electron chi connectivity index (χ2n) is 5.95. The Morgan fingerprint density at radius 1 is 1.14 bits per heavy atom. The highest BCUT2D eigenvalue weighted by Crippen LogP contribution is 2.35. The van der Waals surface area contributed by atoms with E-state index in [0.717, 1.165) is 11.1 Å². The molecule has 0 unspecified atom stereocenters. The maximum Gasteiger partial charge on any atom is 0.261 e. The zero-order valence-corrected chi connectivity index (χ0v) is 17.6. The number of aromatic nitrogens is 1. The number of nitrogens with one attached hydrogen (secondary N) is 1. The van der Waals surface area contributed by atoms with Crippen LogP contribution >= 0.6 is 24.8 Å². The van der Waals surface area contributed by atoms with Gasteiger partial charge >= 0.3 is 0 Å². The zero-order valence-electron chi connectivity index (χ0n) is 16.0. The molecule has 3 rings (SSSR count). The number of hydrogen-bond acceptors (Lipinski definition) is 6. The predicted molar refractivity (Wildman–Crippen MR) is 115 cm³/mol. The van der Waals surface area contributed by atoms with Gasteiger partial charge in [0.15, 0.2) is 11.5 Å². The van der Waals surface area contributed by atoms with Gasteiger partial charge in [-0.1, -0.05) is 6.07 Å². The number of rotatable bonds is 7. The number of ether oxygens (including phenoxy) is 2. The third kappa shape index (κ3) is 4.62. The van der Waals surface area contributed by atoms with Gasteiger partial charge in [0.2, 0.25) is 0 Å². The van der Waals surface area contributed by atoms with E-state index in [1.165, 1.54) is 0 Å². The predicted octanol–water partition coefficient (Wildman–Crippen LogP) is 2.71. The molecule has 0 aliphatic carbocycles. The van der Waals surface area contributed by atoms with Crippen molar-refractivity contribution < 1.29 is 13.9 Å². The van der Waals surface area contributed by atoms with Crippen molar-refractivity contribution >= 4 is 35.8 Å². The second-order valence-corrected chi connectivity index (χ2v) is 5.95. The third-order valence-corrected chi connectivity index (χ3v) is 4.22. The van der Waals surface area contributed by atoms with E-state index in [9.17, 15) is 4.79 Å². The van der Waals surface area contributed by atoms with E-state index in [-0.39, 0.29) is 30.4 Å². The number of nitrogens with zero attached hydrogens (tertiary/aromatic N) is 1. The molecule has 0 spiro atoms. The topological polar surface area (TPSA) is 91.7 Å². The van der Waals surface area contributed by atoms with Crippen molar-refractivity contribution in [3.63, 3.8) is 0 Å². The Hall–Kier alpha value is -2.19. The lowest BCUT2D eigenvalue weighted by Gasteiger charge is -2.11. The lowest BCUT2D eigenvalue weighted by molar-refractivity contribution is 0.355. The Morgan fingerprint density at radius 2 is 1.86 bits per heavy atom. The van der Waals surface area contributed by atoms with Gasteiger partial charge in [0.25, 0.3) is 5.56 Å². The van der Waals surface area contributed by atoms with Gasteiger partial charge in [0.05, 0.1) is 26.2 Å². The Bertz CT molecular complexity index is 985. The average Bonchev–Trinajstić information content (AvgIpc) is 3.08. The maximum atomic E-state index is 12.5. The molecule has 28 heavy (non-hydrogen) atoms. The first-order chi connectivity index (χ1) is 12.6. The molecule has 3 N–H and O–H groups in total. The average molecular weight is 430 g/mol. The van der Waals surface area contributed by atoms with Gasteiger partial charge in [0.1, 0.15) is 11.3 Å². The summed E-state index contributed by atoms with van der Waals surface area (Å²) in [4.78, 5) is 12.5. The summed E-state index contributed by atoms with van der Waals surface area (Å²) in [5.74, 6) is 1.95. The minimum absolute atomic E-state index is 0. The molecule has 9 heteroatoms. The van der Waals surface area contributed by atoms with Crippen LogP contribution in [0.2, 0.25) is 0 Å². The normalized spacial score (nSPS) is 10.3. The Morgan fingerprint density at radius 3 is 2.50 bits per heavy atom. The molecule has 2 aromatic heterocycles. The summed E-state index contributed by atoms with van der Waals surface area (Å²) in [6, 6.07) is 7.39. The van der Waals surface area contributed by atoms with Crippen LogP contribution < -0.4 is 26.1 Å². The highest BCUT2D eigenvalue weighted by atomic mass is 35.5. The molecular weight excluding hydrogens is 405 g/mol. The quantitative estimate of drug-likeness (QED) is 0.560. The molecule has 0 amide bonds. The molecule has 0 bridgehead atoms. The van der Waals surface area contributed by atoms with E-state index in [4.69, 9.17) is 19.6 Å². The van der Waals surface area contributed by atoms with Gasteiger partial charge < -0.3 is 29.5 Å². The standard InChI is InChI=1S/C19H23N3O4.2ClH/c1-22-11-15(12-4-5-16(24-2)17(8-12)25-3)18-14(19(22)23)9-13(26-18)10-21-7-6-20;;/h4-5,8-9,11,21H,6-7,10,20H2,1-3H3;2*1H. The summed E-state index contributed by atoms with van der Waals surface area (Å²) in [6.45, 7) is 1.73. The molecule has 0 aliphatic rings. The molecular formula is C19H25Cl2N3O4. The molecule has 3 aromatic rings. The van der Waals surface area contributed by atoms with E-state index < -0.39 is 0 Å². The van der Waals surface area contributed by atoms with Crippen LogP contribution in [0.5, 0.6) is 11.5 Å². The number of nitrogens with two attached hydrogens (primary N) is 1. The molecule has 0 radical (unpaired) electrons. The summed E-state index contributed by atoms with van der Waals surface area (Å²) in [5, 5.41) is 3.72. The van der Waals surface area contributed by atoms with E-state index in [2.05, 4.69) is 5.32 Å². The van der Waals surface area contributed by atoms with Crippen molar-refractivity contribution in [2.24, 2.45) is 12.8 Å². The van der Waals surface area contributed by atoms with Crippen molar-refractivity contribution in [2.75, 3.05) is 27.3 Å². The molecule has 0 saturated carbocycles. The SMILES string of the molecule is COc1ccc(-c2cn(C)c(=O)c3cc(CNCCN)oc23)cc1OC.Cl.Cl. The third-order valence-electron chi connectivity index (χ3n) is 4.22. The molecule has 7 nitrogen and oxygen atoms in total. The smallest absolute Gasteiger partial charge is 0.261 e. The summed E-state index contributed by atoms with van der Waals surface area (Å²) in [7, 11) is 4.91. The fraction of sp³-hybridized carbons (Fsp3) is 0.316. The highest BCUT2D eigenvalue weighted by molar-refractivity contribution is 5.92. The molecule has 0 atom stereocenters. The number of benzene rings is 1. The van der Waals surface area contributed by atoms with Crippen LogP contribution in [0, 0.1) is 0 Å². The first-order valence-corrected chi connectivity index (χ1v) is 8.34. The van der Waals surface area contributed by atoms with Crippen LogP contribution in [0.1, 0.15) is 5.76 Å². The van der Waals surface area contributed by atoms with Gasteiger partial charge in [-0.05, 0) is 23.8 Å². The maximum absolute atomic E-state index is 12.5. The lowest BCUT2D eigenvalue weighted by atomic mass is 10.1. The van der Waals surface area contributed by atoms with E-state index >= 15 is 0 Å². The number of aryl methyl sites for hydroxylation is 1. The lowest BCUT2D eigenvalue weighted by Crippen LogP contribution is -2.21. The van der Waals surface area contributed by atoms with E-state index in [0.29, 0.717) is 47.9 Å². The fourth-order valence-electron chi connectivity index (χ4n) is 2.91. The Kier molecular flexibility index (Phi) is 8.84. The van der Waals surface area contributed by atoms with E-state index in [1.807, 2.05) is 18.2 Å².